The zero-order valence-electron chi connectivity index (χ0n) is 12.5. The van der Waals surface area contributed by atoms with Crippen molar-refractivity contribution in [2.45, 2.75) is 32.8 Å². The number of allylic oxidation sites excluding steroid dienone is 1. The van der Waals surface area contributed by atoms with Crippen molar-refractivity contribution in [3.63, 3.8) is 0 Å². The van der Waals surface area contributed by atoms with Gasteiger partial charge in [0, 0.05) is 24.0 Å². The van der Waals surface area contributed by atoms with Gasteiger partial charge in [-0.25, -0.2) is 4.79 Å². The van der Waals surface area contributed by atoms with E-state index in [0.717, 1.165) is 24.0 Å². The Morgan fingerprint density at radius 3 is 3.00 bits per heavy atom. The van der Waals surface area contributed by atoms with Crippen molar-refractivity contribution in [2.24, 2.45) is 5.92 Å². The van der Waals surface area contributed by atoms with Crippen LogP contribution in [0.4, 0.5) is 0 Å². The summed E-state index contributed by atoms with van der Waals surface area (Å²) in [7, 11) is 0. The highest BCUT2D eigenvalue weighted by atomic mass is 16.6. The Morgan fingerprint density at radius 2 is 2.32 bits per heavy atom. The molecule has 1 aliphatic carbocycles. The zero-order valence-corrected chi connectivity index (χ0v) is 12.5. The fourth-order valence-electron chi connectivity index (χ4n) is 2.11. The van der Waals surface area contributed by atoms with E-state index in [2.05, 4.69) is 15.1 Å². The minimum absolute atomic E-state index is 0.268. The summed E-state index contributed by atoms with van der Waals surface area (Å²) in [5.74, 6) is 0.863. The molecule has 2 aromatic rings. The van der Waals surface area contributed by atoms with Crippen LogP contribution < -0.4 is 0 Å². The van der Waals surface area contributed by atoms with Crippen LogP contribution in [0.15, 0.2) is 40.7 Å². The summed E-state index contributed by atoms with van der Waals surface area (Å²) in [5.41, 5.74) is 1.82. The second kappa shape index (κ2) is 6.09. The van der Waals surface area contributed by atoms with Crippen molar-refractivity contribution >= 4 is 5.97 Å². The van der Waals surface area contributed by atoms with Crippen LogP contribution in [0.3, 0.4) is 0 Å². The largest absolute Gasteiger partial charge is 0.449 e. The van der Waals surface area contributed by atoms with Crippen molar-refractivity contribution in [2.75, 3.05) is 0 Å². The quantitative estimate of drug-likeness (QED) is 0.623. The molecule has 0 spiro atoms. The smallest absolute Gasteiger partial charge is 0.331 e. The van der Waals surface area contributed by atoms with Crippen LogP contribution in [0.1, 0.15) is 38.7 Å². The molecule has 0 radical (unpaired) electrons. The van der Waals surface area contributed by atoms with Gasteiger partial charge in [0.1, 0.15) is 0 Å². The lowest BCUT2D eigenvalue weighted by Gasteiger charge is -2.07. The summed E-state index contributed by atoms with van der Waals surface area (Å²) in [6.45, 7) is 3.66. The Bertz CT molecular complexity index is 690. The predicted octanol–water partition coefficient (Wildman–Crippen LogP) is 3.09. The molecular formula is C16H17N3O3. The number of ether oxygens (including phenoxy) is 1. The lowest BCUT2D eigenvalue weighted by atomic mass is 10.2. The lowest BCUT2D eigenvalue weighted by molar-refractivity contribution is -0.143. The van der Waals surface area contributed by atoms with Crippen LogP contribution >= 0.6 is 0 Å². The van der Waals surface area contributed by atoms with Crippen LogP contribution in [0.5, 0.6) is 0 Å². The monoisotopic (exact) mass is 299 g/mol. The van der Waals surface area contributed by atoms with Gasteiger partial charge >= 0.3 is 5.97 Å². The van der Waals surface area contributed by atoms with Gasteiger partial charge in [-0.2, -0.15) is 4.98 Å². The Labute approximate surface area is 128 Å². The maximum Gasteiger partial charge on any atom is 0.331 e. The molecule has 0 amide bonds. The van der Waals surface area contributed by atoms with Gasteiger partial charge in [-0.1, -0.05) is 10.7 Å². The van der Waals surface area contributed by atoms with E-state index >= 15 is 0 Å². The first kappa shape index (κ1) is 14.4. The van der Waals surface area contributed by atoms with Gasteiger partial charge < -0.3 is 9.26 Å². The summed E-state index contributed by atoms with van der Waals surface area (Å²) in [4.78, 5) is 20.1. The number of esters is 1. The maximum absolute atomic E-state index is 11.8. The number of rotatable bonds is 5. The minimum Gasteiger partial charge on any atom is -0.449 e. The van der Waals surface area contributed by atoms with Gasteiger partial charge in [-0.15, -0.1) is 0 Å². The van der Waals surface area contributed by atoms with Crippen LogP contribution in [-0.2, 0) is 9.53 Å². The van der Waals surface area contributed by atoms with Crippen LogP contribution in [0, 0.1) is 5.92 Å². The van der Waals surface area contributed by atoms with E-state index < -0.39 is 6.10 Å². The summed E-state index contributed by atoms with van der Waals surface area (Å²) < 4.78 is 10.5. The van der Waals surface area contributed by atoms with Gasteiger partial charge in [0.2, 0.25) is 5.82 Å². The maximum atomic E-state index is 11.8. The van der Waals surface area contributed by atoms with Crippen LogP contribution in [-0.4, -0.2) is 21.1 Å². The summed E-state index contributed by atoms with van der Waals surface area (Å²) in [5, 5.41) is 3.88. The fourth-order valence-corrected chi connectivity index (χ4v) is 2.11. The molecule has 0 aliphatic heterocycles. The molecule has 1 atom stereocenters. The van der Waals surface area contributed by atoms with Crippen LogP contribution in [0.2, 0.25) is 0 Å². The minimum atomic E-state index is -0.589. The van der Waals surface area contributed by atoms with E-state index in [1.165, 1.54) is 0 Å². The molecule has 0 bridgehead atoms. The lowest BCUT2D eigenvalue weighted by Crippen LogP contribution is -2.07. The molecule has 0 unspecified atom stereocenters. The average molecular weight is 299 g/mol. The van der Waals surface area contributed by atoms with Crippen molar-refractivity contribution in [1.29, 1.82) is 0 Å². The van der Waals surface area contributed by atoms with Crippen molar-refractivity contribution in [3.8, 4) is 11.4 Å². The van der Waals surface area contributed by atoms with Gasteiger partial charge in [-0.3, -0.25) is 4.98 Å². The molecule has 0 saturated heterocycles. The molecule has 1 saturated carbocycles. The first-order valence-corrected chi connectivity index (χ1v) is 7.26. The number of hydrogen-bond acceptors (Lipinski definition) is 6. The SMILES string of the molecule is C/C(=C/C(=O)O[C@@H](C)c1nc(-c2cccnc2)no1)C1CC1. The molecule has 1 aliphatic rings. The standard InChI is InChI=1S/C16H17N3O3/c1-10(12-5-6-12)8-14(20)21-11(2)16-18-15(19-22-16)13-4-3-7-17-9-13/h3-4,7-9,11-12H,5-6H2,1-2H3/b10-8-/t11-/m0/s1. The average Bonchev–Trinajstić information content (AvgIpc) is 3.25. The summed E-state index contributed by atoms with van der Waals surface area (Å²) >= 11 is 0. The van der Waals surface area contributed by atoms with Crippen molar-refractivity contribution < 1.29 is 14.1 Å². The van der Waals surface area contributed by atoms with Gasteiger partial charge in [0.05, 0.1) is 0 Å². The highest BCUT2D eigenvalue weighted by Gasteiger charge is 2.24. The molecule has 2 heterocycles. The molecule has 0 N–H and O–H groups in total. The topological polar surface area (TPSA) is 78.1 Å². The predicted molar refractivity (Wildman–Crippen MR) is 78.5 cm³/mol. The Kier molecular flexibility index (Phi) is 4.00. The second-order valence-corrected chi connectivity index (χ2v) is 5.44. The number of pyridine rings is 1. The van der Waals surface area contributed by atoms with Gasteiger partial charge in [0.15, 0.2) is 6.10 Å². The van der Waals surface area contributed by atoms with E-state index in [-0.39, 0.29) is 11.9 Å². The van der Waals surface area contributed by atoms with Crippen molar-refractivity contribution in [3.05, 3.63) is 42.1 Å². The molecule has 114 valence electrons. The number of nitrogens with zero attached hydrogens (tertiary/aromatic N) is 3. The summed E-state index contributed by atoms with van der Waals surface area (Å²) in [6.07, 6.45) is 6.59. The third kappa shape index (κ3) is 3.39. The molecule has 6 heteroatoms. The van der Waals surface area contributed by atoms with E-state index in [4.69, 9.17) is 9.26 Å². The number of hydrogen-bond donors (Lipinski definition) is 0. The molecule has 6 nitrogen and oxygen atoms in total. The molecule has 22 heavy (non-hydrogen) atoms. The Morgan fingerprint density at radius 1 is 1.50 bits per heavy atom. The van der Waals surface area contributed by atoms with E-state index in [9.17, 15) is 4.79 Å². The van der Waals surface area contributed by atoms with Crippen LogP contribution in [0.25, 0.3) is 11.4 Å². The van der Waals surface area contributed by atoms with E-state index in [1.54, 1.807) is 31.5 Å². The first-order valence-electron chi connectivity index (χ1n) is 7.26. The Balaban J connectivity index is 1.65. The molecular weight excluding hydrogens is 282 g/mol. The normalized spacial score (nSPS) is 16.4. The number of carbonyl (C=O) groups is 1. The highest BCUT2D eigenvalue weighted by Crippen LogP contribution is 2.36. The second-order valence-electron chi connectivity index (χ2n) is 5.44. The van der Waals surface area contributed by atoms with Gasteiger partial charge in [0.25, 0.3) is 5.89 Å². The fraction of sp³-hybridized carbons (Fsp3) is 0.375. The Hall–Kier alpha value is -2.50. The highest BCUT2D eigenvalue weighted by molar-refractivity contribution is 5.83. The summed E-state index contributed by atoms with van der Waals surface area (Å²) in [6, 6.07) is 3.63. The molecule has 3 rings (SSSR count). The number of carbonyl (C=O) groups excluding carboxylic acids is 1. The molecule has 1 fully saturated rings. The zero-order chi connectivity index (χ0) is 15.5. The third-order valence-electron chi connectivity index (χ3n) is 3.57. The van der Waals surface area contributed by atoms with Crippen molar-refractivity contribution in [1.82, 2.24) is 15.1 Å². The first-order chi connectivity index (χ1) is 10.6. The molecule has 2 aromatic heterocycles. The molecule has 0 aromatic carbocycles. The van der Waals surface area contributed by atoms with E-state index in [1.807, 2.05) is 13.0 Å². The third-order valence-corrected chi connectivity index (χ3v) is 3.57. The van der Waals surface area contributed by atoms with Gasteiger partial charge in [-0.05, 0) is 44.7 Å². The van der Waals surface area contributed by atoms with E-state index in [0.29, 0.717) is 11.7 Å². The number of aromatic nitrogens is 3.